The second-order valence-corrected chi connectivity index (χ2v) is 8.28. The Balaban J connectivity index is 1.72. The maximum Gasteiger partial charge on any atom is 0.256 e. The molecule has 0 radical (unpaired) electrons. The molecule has 6 heteroatoms. The number of nitrogens with one attached hydrogen (secondary N) is 2. The average Bonchev–Trinajstić information content (AvgIpc) is 2.75. The maximum absolute atomic E-state index is 12.9. The van der Waals surface area contributed by atoms with Crippen molar-refractivity contribution in [2.45, 2.75) is 43.0 Å². The van der Waals surface area contributed by atoms with Crippen molar-refractivity contribution in [2.24, 2.45) is 0 Å². The summed E-state index contributed by atoms with van der Waals surface area (Å²) in [5.41, 5.74) is 1.62. The minimum atomic E-state index is -0.219. The normalized spacial score (nSPS) is 14.4. The van der Waals surface area contributed by atoms with Gasteiger partial charge in [0.05, 0.1) is 23.4 Å². The standard InChI is InChI=1S/C23H28N2O3S/c1-28-15-16-29-21-14-8-6-12-19(21)23(27)25-20-13-7-5-11-18(20)22(26)24-17-9-3-2-4-10-17/h5-8,11-14,17H,2-4,9-10,15-16H2,1H3,(H,24,26)(H,25,27). The van der Waals surface area contributed by atoms with Crippen molar-refractivity contribution < 1.29 is 14.3 Å². The quantitative estimate of drug-likeness (QED) is 0.485. The smallest absolute Gasteiger partial charge is 0.256 e. The zero-order valence-electron chi connectivity index (χ0n) is 16.8. The predicted octanol–water partition coefficient (Wildman–Crippen LogP) is 4.74. The van der Waals surface area contributed by atoms with Crippen LogP contribution in [0.15, 0.2) is 53.4 Å². The van der Waals surface area contributed by atoms with Gasteiger partial charge in [0, 0.05) is 23.8 Å². The molecule has 0 heterocycles. The SMILES string of the molecule is COCCSc1ccccc1C(=O)Nc1ccccc1C(=O)NC1CCCCC1. The molecule has 1 saturated carbocycles. The highest BCUT2D eigenvalue weighted by Crippen LogP contribution is 2.25. The van der Waals surface area contributed by atoms with E-state index >= 15 is 0 Å². The zero-order chi connectivity index (χ0) is 20.5. The molecular formula is C23H28N2O3S. The molecule has 2 N–H and O–H groups in total. The number of hydrogen-bond acceptors (Lipinski definition) is 4. The lowest BCUT2D eigenvalue weighted by molar-refractivity contribution is 0.0928. The number of benzene rings is 2. The summed E-state index contributed by atoms with van der Waals surface area (Å²) in [7, 11) is 1.66. The summed E-state index contributed by atoms with van der Waals surface area (Å²) < 4.78 is 5.10. The molecule has 29 heavy (non-hydrogen) atoms. The van der Waals surface area contributed by atoms with E-state index < -0.39 is 0 Å². The Labute approximate surface area is 176 Å². The number of hydrogen-bond donors (Lipinski definition) is 2. The van der Waals surface area contributed by atoms with Gasteiger partial charge in [-0.15, -0.1) is 11.8 Å². The van der Waals surface area contributed by atoms with Crippen LogP contribution < -0.4 is 10.6 Å². The summed E-state index contributed by atoms with van der Waals surface area (Å²) in [6.45, 7) is 0.616. The third-order valence-corrected chi connectivity index (χ3v) is 6.07. The fourth-order valence-electron chi connectivity index (χ4n) is 3.50. The molecule has 0 atom stereocenters. The van der Waals surface area contributed by atoms with Gasteiger partial charge >= 0.3 is 0 Å². The van der Waals surface area contributed by atoms with Crippen molar-refractivity contribution in [1.82, 2.24) is 5.32 Å². The molecule has 0 bridgehead atoms. The van der Waals surface area contributed by atoms with Gasteiger partial charge in [0.15, 0.2) is 0 Å². The molecular weight excluding hydrogens is 384 g/mol. The van der Waals surface area contributed by atoms with Crippen molar-refractivity contribution in [2.75, 3.05) is 24.8 Å². The molecule has 0 spiro atoms. The molecule has 1 aliphatic carbocycles. The van der Waals surface area contributed by atoms with E-state index in [0.717, 1.165) is 36.3 Å². The molecule has 2 aromatic carbocycles. The number of para-hydroxylation sites is 1. The number of carbonyl (C=O) groups is 2. The minimum Gasteiger partial charge on any atom is -0.384 e. The highest BCUT2D eigenvalue weighted by Gasteiger charge is 2.20. The van der Waals surface area contributed by atoms with Crippen LogP contribution in [0.4, 0.5) is 5.69 Å². The highest BCUT2D eigenvalue weighted by molar-refractivity contribution is 7.99. The second kappa shape index (κ2) is 11.0. The maximum atomic E-state index is 12.9. The molecule has 5 nitrogen and oxygen atoms in total. The fourth-order valence-corrected chi connectivity index (χ4v) is 4.47. The van der Waals surface area contributed by atoms with Gasteiger partial charge in [0.1, 0.15) is 0 Å². The summed E-state index contributed by atoms with van der Waals surface area (Å²) in [5.74, 6) is 0.417. The van der Waals surface area contributed by atoms with Gasteiger partial charge < -0.3 is 15.4 Å². The van der Waals surface area contributed by atoms with E-state index in [1.807, 2.05) is 30.3 Å². The van der Waals surface area contributed by atoms with E-state index in [1.165, 1.54) is 6.42 Å². The lowest BCUT2D eigenvalue weighted by Crippen LogP contribution is -2.36. The Kier molecular flexibility index (Phi) is 8.14. The number of amides is 2. The van der Waals surface area contributed by atoms with Crippen LogP contribution >= 0.6 is 11.8 Å². The number of ether oxygens (including phenoxy) is 1. The number of thioether (sulfide) groups is 1. The third kappa shape index (κ3) is 6.08. The molecule has 2 aromatic rings. The Morgan fingerprint density at radius 3 is 2.41 bits per heavy atom. The van der Waals surface area contributed by atoms with Gasteiger partial charge in [0.25, 0.3) is 11.8 Å². The van der Waals surface area contributed by atoms with E-state index in [1.54, 1.807) is 37.1 Å². The van der Waals surface area contributed by atoms with Crippen LogP contribution in [0.3, 0.4) is 0 Å². The first-order valence-electron chi connectivity index (χ1n) is 10.1. The molecule has 1 fully saturated rings. The number of carbonyl (C=O) groups excluding carboxylic acids is 2. The molecule has 1 aliphatic rings. The van der Waals surface area contributed by atoms with Gasteiger partial charge in [0.2, 0.25) is 0 Å². The first-order valence-corrected chi connectivity index (χ1v) is 11.1. The molecule has 154 valence electrons. The van der Waals surface area contributed by atoms with E-state index in [4.69, 9.17) is 4.74 Å². The topological polar surface area (TPSA) is 67.4 Å². The molecule has 3 rings (SSSR count). The highest BCUT2D eigenvalue weighted by atomic mass is 32.2. The Hall–Kier alpha value is -2.31. The third-order valence-electron chi connectivity index (χ3n) is 5.04. The first-order chi connectivity index (χ1) is 14.2. The van der Waals surface area contributed by atoms with Crippen LogP contribution in [0.1, 0.15) is 52.8 Å². The van der Waals surface area contributed by atoms with Crippen molar-refractivity contribution in [3.05, 3.63) is 59.7 Å². The molecule has 0 unspecified atom stereocenters. The summed E-state index contributed by atoms with van der Waals surface area (Å²) in [6.07, 6.45) is 5.58. The molecule has 0 aromatic heterocycles. The Bertz CT molecular complexity index is 834. The van der Waals surface area contributed by atoms with Gasteiger partial charge in [-0.2, -0.15) is 0 Å². The van der Waals surface area contributed by atoms with Gasteiger partial charge in [-0.1, -0.05) is 43.5 Å². The Morgan fingerprint density at radius 2 is 1.66 bits per heavy atom. The van der Waals surface area contributed by atoms with Crippen LogP contribution in [0.2, 0.25) is 0 Å². The number of anilines is 1. The van der Waals surface area contributed by atoms with Crippen LogP contribution in [-0.2, 0) is 4.74 Å². The zero-order valence-corrected chi connectivity index (χ0v) is 17.6. The summed E-state index contributed by atoms with van der Waals surface area (Å²) in [4.78, 5) is 26.7. The largest absolute Gasteiger partial charge is 0.384 e. The van der Waals surface area contributed by atoms with Gasteiger partial charge in [-0.05, 0) is 37.1 Å². The van der Waals surface area contributed by atoms with E-state index in [9.17, 15) is 9.59 Å². The van der Waals surface area contributed by atoms with Crippen LogP contribution in [-0.4, -0.2) is 37.3 Å². The summed E-state index contributed by atoms with van der Waals surface area (Å²) >= 11 is 1.58. The van der Waals surface area contributed by atoms with Crippen molar-refractivity contribution in [1.29, 1.82) is 0 Å². The van der Waals surface area contributed by atoms with Crippen molar-refractivity contribution in [3.63, 3.8) is 0 Å². The number of methoxy groups -OCH3 is 1. The first kappa shape index (κ1) is 21.4. The van der Waals surface area contributed by atoms with Crippen LogP contribution in [0.25, 0.3) is 0 Å². The van der Waals surface area contributed by atoms with Gasteiger partial charge in [-0.25, -0.2) is 0 Å². The van der Waals surface area contributed by atoms with Crippen LogP contribution in [0.5, 0.6) is 0 Å². The summed E-state index contributed by atoms with van der Waals surface area (Å²) in [6, 6.07) is 14.9. The minimum absolute atomic E-state index is 0.129. The molecule has 0 aliphatic heterocycles. The van der Waals surface area contributed by atoms with E-state index in [2.05, 4.69) is 10.6 Å². The van der Waals surface area contributed by atoms with Crippen molar-refractivity contribution >= 4 is 29.3 Å². The van der Waals surface area contributed by atoms with Gasteiger partial charge in [-0.3, -0.25) is 9.59 Å². The molecule has 0 saturated heterocycles. The lowest BCUT2D eigenvalue weighted by Gasteiger charge is -2.23. The predicted molar refractivity (Wildman–Crippen MR) is 118 cm³/mol. The second-order valence-electron chi connectivity index (χ2n) is 7.15. The lowest BCUT2D eigenvalue weighted by atomic mass is 9.95. The van der Waals surface area contributed by atoms with E-state index in [0.29, 0.717) is 23.4 Å². The van der Waals surface area contributed by atoms with E-state index in [-0.39, 0.29) is 17.9 Å². The Morgan fingerprint density at radius 1 is 0.966 bits per heavy atom. The average molecular weight is 413 g/mol. The van der Waals surface area contributed by atoms with Crippen molar-refractivity contribution in [3.8, 4) is 0 Å². The summed E-state index contributed by atoms with van der Waals surface area (Å²) in [5, 5.41) is 6.06. The van der Waals surface area contributed by atoms with Crippen LogP contribution in [0, 0.1) is 0 Å². The monoisotopic (exact) mass is 412 g/mol. The molecule has 2 amide bonds. The fraction of sp³-hybridized carbons (Fsp3) is 0.391. The number of rotatable bonds is 8.